The Morgan fingerprint density at radius 2 is 1.10 bits per heavy atom. The molecule has 0 spiro atoms. The molecule has 0 saturated carbocycles. The van der Waals surface area contributed by atoms with Gasteiger partial charge in [0.2, 0.25) is 0 Å². The zero-order valence-corrected chi connectivity index (χ0v) is 26.4. The molecule has 0 aromatic heterocycles. The number of aliphatic carboxylic acids is 1. The fourth-order valence-corrected chi connectivity index (χ4v) is 6.25. The summed E-state index contributed by atoms with van der Waals surface area (Å²) < 4.78 is 82.3. The molecule has 0 unspecified atom stereocenters. The SMILES string of the molecule is CCCCCCCCCCCCCCCCc1cc(I)c(NC(=O)C(F)(F)C(F)(F)C(F)(F)C(=O)O)c(I)c1. The van der Waals surface area contributed by atoms with Crippen molar-refractivity contribution in [2.45, 2.75) is 121 Å². The van der Waals surface area contributed by atoms with Crippen LogP contribution in [0, 0.1) is 7.14 Å². The van der Waals surface area contributed by atoms with Crippen molar-refractivity contribution in [2.24, 2.45) is 0 Å². The standard InChI is InChI=1S/C27H37F6I2NO3/c1-2-3-4-5-6-7-8-9-10-11-12-13-14-15-16-19-17-20(34)22(21(35)18-19)36-23(37)25(28,29)27(32,33)26(30,31)24(38)39/h17-18H,2-16H2,1H3,(H,36,37)(H,38,39). The summed E-state index contributed by atoms with van der Waals surface area (Å²) in [5.74, 6) is -24.7. The van der Waals surface area contributed by atoms with Gasteiger partial charge in [-0.3, -0.25) is 4.79 Å². The van der Waals surface area contributed by atoms with Gasteiger partial charge in [-0.05, 0) is 75.7 Å². The number of aryl methyl sites for hydroxylation is 1. The molecule has 2 N–H and O–H groups in total. The predicted octanol–water partition coefficient (Wildman–Crippen LogP) is 9.85. The molecular weight excluding hydrogens is 754 g/mol. The van der Waals surface area contributed by atoms with Crippen LogP contribution >= 0.6 is 45.2 Å². The number of benzene rings is 1. The lowest BCUT2D eigenvalue weighted by molar-refractivity contribution is -0.291. The number of nitrogens with one attached hydrogen (secondary N) is 1. The minimum atomic E-state index is -6.44. The van der Waals surface area contributed by atoms with Crippen LogP contribution in [-0.2, 0) is 16.0 Å². The molecule has 39 heavy (non-hydrogen) atoms. The number of rotatable bonds is 20. The molecule has 0 aliphatic rings. The van der Waals surface area contributed by atoms with E-state index in [1.54, 1.807) is 62.6 Å². The number of carboxylic acid groups (broad SMARTS) is 1. The molecule has 1 aromatic rings. The van der Waals surface area contributed by atoms with Gasteiger partial charge in [0, 0.05) is 7.14 Å². The average Bonchev–Trinajstić information content (AvgIpc) is 2.85. The van der Waals surface area contributed by atoms with E-state index in [4.69, 9.17) is 5.11 Å². The number of amides is 1. The molecule has 0 heterocycles. The molecule has 12 heteroatoms. The molecule has 1 rings (SSSR count). The van der Waals surface area contributed by atoms with Crippen molar-refractivity contribution in [3.05, 3.63) is 24.8 Å². The Morgan fingerprint density at radius 3 is 1.49 bits per heavy atom. The average molecular weight is 791 g/mol. The highest BCUT2D eigenvalue weighted by molar-refractivity contribution is 14.1. The second-order valence-electron chi connectivity index (χ2n) is 9.76. The third-order valence-electron chi connectivity index (χ3n) is 6.50. The first-order chi connectivity index (χ1) is 18.2. The van der Waals surface area contributed by atoms with Gasteiger partial charge in [-0.1, -0.05) is 90.4 Å². The highest BCUT2D eigenvalue weighted by Gasteiger charge is 2.78. The molecule has 0 radical (unpaired) electrons. The molecule has 0 aliphatic heterocycles. The van der Waals surface area contributed by atoms with E-state index in [2.05, 4.69) is 6.92 Å². The lowest BCUT2D eigenvalue weighted by atomic mass is 10.0. The second-order valence-corrected chi connectivity index (χ2v) is 12.1. The molecule has 0 aliphatic carbocycles. The Morgan fingerprint density at radius 1 is 0.718 bits per heavy atom. The van der Waals surface area contributed by atoms with E-state index in [9.17, 15) is 35.9 Å². The van der Waals surface area contributed by atoms with Crippen molar-refractivity contribution in [1.29, 1.82) is 0 Å². The Kier molecular flexibility index (Phi) is 16.0. The molecule has 0 atom stereocenters. The van der Waals surface area contributed by atoms with Crippen LogP contribution in [0.5, 0.6) is 0 Å². The number of anilines is 1. The number of hydrogen-bond donors (Lipinski definition) is 2. The fourth-order valence-electron chi connectivity index (χ4n) is 4.08. The second kappa shape index (κ2) is 17.2. The summed E-state index contributed by atoms with van der Waals surface area (Å²) >= 11 is 3.46. The van der Waals surface area contributed by atoms with Crippen LogP contribution in [0.4, 0.5) is 32.0 Å². The van der Waals surface area contributed by atoms with Crippen LogP contribution in [0.3, 0.4) is 0 Å². The zero-order chi connectivity index (χ0) is 29.7. The number of halogens is 8. The highest BCUT2D eigenvalue weighted by atomic mass is 127. The summed E-state index contributed by atoms with van der Waals surface area (Å²) in [6.07, 6.45) is 17.8. The topological polar surface area (TPSA) is 66.4 Å². The van der Waals surface area contributed by atoms with E-state index in [-0.39, 0.29) is 12.8 Å². The Bertz CT molecular complexity index is 908. The van der Waals surface area contributed by atoms with Crippen LogP contribution in [0.1, 0.15) is 102 Å². The van der Waals surface area contributed by atoms with Crippen molar-refractivity contribution in [3.63, 3.8) is 0 Å². The maximum atomic E-state index is 14.0. The third-order valence-corrected chi connectivity index (χ3v) is 8.20. The first-order valence-electron chi connectivity index (χ1n) is 13.4. The Labute approximate surface area is 253 Å². The summed E-state index contributed by atoms with van der Waals surface area (Å²) in [6.45, 7) is 2.22. The summed E-state index contributed by atoms with van der Waals surface area (Å²) in [5.41, 5.74) is 0.621. The number of carbonyl (C=O) groups is 2. The summed E-state index contributed by atoms with van der Waals surface area (Å²) in [7, 11) is 0. The minimum Gasteiger partial charge on any atom is -0.477 e. The summed E-state index contributed by atoms with van der Waals surface area (Å²) in [5, 5.41) is 9.80. The van der Waals surface area contributed by atoms with Crippen molar-refractivity contribution in [1.82, 2.24) is 0 Å². The predicted molar refractivity (Wildman–Crippen MR) is 157 cm³/mol. The van der Waals surface area contributed by atoms with Gasteiger partial charge in [0.15, 0.2) is 0 Å². The number of alkyl halides is 6. The first-order valence-corrected chi connectivity index (χ1v) is 15.5. The number of unbranched alkanes of at least 4 members (excludes halogenated alkanes) is 13. The maximum absolute atomic E-state index is 14.0. The molecule has 0 fully saturated rings. The molecule has 0 saturated heterocycles. The largest absolute Gasteiger partial charge is 0.477 e. The zero-order valence-electron chi connectivity index (χ0n) is 22.0. The van der Waals surface area contributed by atoms with Gasteiger partial charge in [-0.2, -0.15) is 26.3 Å². The van der Waals surface area contributed by atoms with Crippen molar-refractivity contribution in [3.8, 4) is 0 Å². The van der Waals surface area contributed by atoms with Gasteiger partial charge >= 0.3 is 29.6 Å². The molecular formula is C27H37F6I2NO3. The Hall–Kier alpha value is -0.800. The van der Waals surface area contributed by atoms with Crippen molar-refractivity contribution in [2.75, 3.05) is 5.32 Å². The van der Waals surface area contributed by atoms with Crippen LogP contribution in [0.25, 0.3) is 0 Å². The summed E-state index contributed by atoms with van der Waals surface area (Å²) in [6, 6.07) is 3.20. The van der Waals surface area contributed by atoms with E-state index < -0.39 is 29.6 Å². The fraction of sp³-hybridized carbons (Fsp3) is 0.704. The lowest BCUT2D eigenvalue weighted by Crippen LogP contribution is -2.62. The minimum absolute atomic E-state index is 0.236. The number of carboxylic acids is 1. The normalized spacial score (nSPS) is 12.5. The number of carbonyl (C=O) groups excluding carboxylic acids is 1. The quantitative estimate of drug-likeness (QED) is 0.0786. The highest BCUT2D eigenvalue weighted by Crippen LogP contribution is 2.46. The van der Waals surface area contributed by atoms with Crippen LogP contribution in [0.15, 0.2) is 12.1 Å². The van der Waals surface area contributed by atoms with Gasteiger partial charge < -0.3 is 10.4 Å². The van der Waals surface area contributed by atoms with Gasteiger partial charge in [-0.25, -0.2) is 4.79 Å². The third kappa shape index (κ3) is 10.8. The Balaban J connectivity index is 2.47. The van der Waals surface area contributed by atoms with E-state index >= 15 is 0 Å². The molecule has 224 valence electrons. The smallest absolute Gasteiger partial charge is 0.411 e. The lowest BCUT2D eigenvalue weighted by Gasteiger charge is -2.29. The maximum Gasteiger partial charge on any atom is 0.411 e. The van der Waals surface area contributed by atoms with Gasteiger partial charge in [0.1, 0.15) is 0 Å². The van der Waals surface area contributed by atoms with Crippen LogP contribution in [0.2, 0.25) is 0 Å². The first kappa shape index (κ1) is 36.2. The monoisotopic (exact) mass is 791 g/mol. The summed E-state index contributed by atoms with van der Waals surface area (Å²) in [4.78, 5) is 22.3. The van der Waals surface area contributed by atoms with Gasteiger partial charge in [0.05, 0.1) is 5.69 Å². The van der Waals surface area contributed by atoms with Crippen molar-refractivity contribution >= 4 is 62.7 Å². The molecule has 0 bridgehead atoms. The van der Waals surface area contributed by atoms with Gasteiger partial charge in [0.25, 0.3) is 0 Å². The molecule has 1 amide bonds. The van der Waals surface area contributed by atoms with E-state index in [0.29, 0.717) is 6.42 Å². The molecule has 4 nitrogen and oxygen atoms in total. The van der Waals surface area contributed by atoms with E-state index in [1.807, 2.05) is 0 Å². The van der Waals surface area contributed by atoms with Crippen LogP contribution < -0.4 is 5.32 Å². The van der Waals surface area contributed by atoms with Crippen molar-refractivity contribution < 1.29 is 41.0 Å². The van der Waals surface area contributed by atoms with Crippen LogP contribution in [-0.4, -0.2) is 34.8 Å². The molecule has 1 aromatic carbocycles. The van der Waals surface area contributed by atoms with E-state index in [1.165, 1.54) is 64.2 Å². The number of hydrogen-bond acceptors (Lipinski definition) is 2. The van der Waals surface area contributed by atoms with Gasteiger partial charge in [-0.15, -0.1) is 0 Å². The van der Waals surface area contributed by atoms with E-state index in [0.717, 1.165) is 31.2 Å².